The monoisotopic (exact) mass is 248 g/mol. The van der Waals surface area contributed by atoms with Crippen molar-refractivity contribution in [3.63, 3.8) is 0 Å². The number of rotatable bonds is 4. The maximum atomic E-state index is 11.7. The van der Waals surface area contributed by atoms with Gasteiger partial charge < -0.3 is 4.74 Å². The first-order valence-corrected chi connectivity index (χ1v) is 6.52. The van der Waals surface area contributed by atoms with Gasteiger partial charge in [0.25, 0.3) is 0 Å². The highest BCUT2D eigenvalue weighted by Gasteiger charge is 2.28. The van der Waals surface area contributed by atoms with E-state index in [4.69, 9.17) is 4.74 Å². The van der Waals surface area contributed by atoms with Gasteiger partial charge in [0.05, 0.1) is 7.11 Å². The molecule has 1 aliphatic rings. The fourth-order valence-corrected chi connectivity index (χ4v) is 2.48. The Hall–Kier alpha value is -1.42. The lowest BCUT2D eigenvalue weighted by Crippen LogP contribution is -2.46. The van der Waals surface area contributed by atoms with E-state index in [1.165, 1.54) is 19.1 Å². The van der Waals surface area contributed by atoms with Gasteiger partial charge in [0.1, 0.15) is 6.04 Å². The summed E-state index contributed by atoms with van der Waals surface area (Å²) in [5, 5.41) is 0. The second-order valence-corrected chi connectivity index (χ2v) is 4.68. The van der Waals surface area contributed by atoms with E-state index >= 15 is 0 Å². The molecule has 1 aromatic heterocycles. The van der Waals surface area contributed by atoms with Crippen molar-refractivity contribution in [3.05, 3.63) is 30.1 Å². The predicted octanol–water partition coefficient (Wildman–Crippen LogP) is 1.65. The summed E-state index contributed by atoms with van der Waals surface area (Å²) in [6.45, 7) is 1.90. The first kappa shape index (κ1) is 13.0. The Morgan fingerprint density at radius 3 is 2.94 bits per heavy atom. The van der Waals surface area contributed by atoms with Crippen LogP contribution in [0.15, 0.2) is 24.5 Å². The summed E-state index contributed by atoms with van der Waals surface area (Å²) in [6.07, 6.45) is 7.78. The van der Waals surface area contributed by atoms with E-state index in [1.807, 2.05) is 24.5 Å². The highest BCUT2D eigenvalue weighted by atomic mass is 16.5. The van der Waals surface area contributed by atoms with Crippen LogP contribution in [-0.4, -0.2) is 42.1 Å². The Kier molecular flexibility index (Phi) is 4.70. The average Bonchev–Trinajstić information content (AvgIpc) is 2.45. The van der Waals surface area contributed by atoms with E-state index in [-0.39, 0.29) is 12.0 Å². The van der Waals surface area contributed by atoms with Crippen molar-refractivity contribution in [2.75, 3.05) is 20.2 Å². The molecule has 4 heteroatoms. The molecule has 0 aromatic carbocycles. The molecule has 1 unspecified atom stereocenters. The molecule has 0 radical (unpaired) electrons. The topological polar surface area (TPSA) is 42.4 Å². The number of carbonyl (C=O) groups excluding carboxylic acids is 1. The van der Waals surface area contributed by atoms with Crippen molar-refractivity contribution in [1.82, 2.24) is 9.88 Å². The molecule has 1 aliphatic heterocycles. The summed E-state index contributed by atoms with van der Waals surface area (Å²) in [6, 6.07) is 4.00. The van der Waals surface area contributed by atoms with Gasteiger partial charge in [0, 0.05) is 18.9 Å². The van der Waals surface area contributed by atoms with Crippen LogP contribution < -0.4 is 0 Å². The van der Waals surface area contributed by atoms with Gasteiger partial charge in [-0.05, 0) is 43.5 Å². The maximum absolute atomic E-state index is 11.7. The third-order valence-corrected chi connectivity index (χ3v) is 3.52. The van der Waals surface area contributed by atoms with Gasteiger partial charge in [-0.3, -0.25) is 14.7 Å². The normalized spacial score (nSPS) is 20.6. The van der Waals surface area contributed by atoms with Crippen molar-refractivity contribution in [1.29, 1.82) is 0 Å². The van der Waals surface area contributed by atoms with Crippen LogP contribution >= 0.6 is 0 Å². The van der Waals surface area contributed by atoms with Crippen molar-refractivity contribution in [2.45, 2.75) is 31.7 Å². The molecule has 1 atom stereocenters. The third-order valence-electron chi connectivity index (χ3n) is 3.52. The van der Waals surface area contributed by atoms with Crippen LogP contribution in [0.4, 0.5) is 0 Å². The Morgan fingerprint density at radius 1 is 1.44 bits per heavy atom. The van der Waals surface area contributed by atoms with Gasteiger partial charge in [0.2, 0.25) is 0 Å². The molecular formula is C14H20N2O2. The molecule has 2 rings (SSSR count). The number of aromatic nitrogens is 1. The van der Waals surface area contributed by atoms with E-state index in [0.717, 1.165) is 32.4 Å². The summed E-state index contributed by atoms with van der Waals surface area (Å²) in [5.41, 5.74) is 1.26. The summed E-state index contributed by atoms with van der Waals surface area (Å²) in [5.74, 6) is -0.0931. The van der Waals surface area contributed by atoms with E-state index < -0.39 is 0 Å². The molecule has 0 bridgehead atoms. The lowest BCUT2D eigenvalue weighted by molar-refractivity contribution is -0.148. The first-order valence-electron chi connectivity index (χ1n) is 6.52. The Balaban J connectivity index is 1.91. The molecule has 4 nitrogen and oxygen atoms in total. The summed E-state index contributed by atoms with van der Waals surface area (Å²) >= 11 is 0. The average molecular weight is 248 g/mol. The van der Waals surface area contributed by atoms with Crippen LogP contribution in [-0.2, 0) is 16.0 Å². The van der Waals surface area contributed by atoms with Gasteiger partial charge in [-0.25, -0.2) is 0 Å². The van der Waals surface area contributed by atoms with Crippen molar-refractivity contribution < 1.29 is 9.53 Å². The Morgan fingerprint density at radius 2 is 2.22 bits per heavy atom. The number of nitrogens with zero attached hydrogens (tertiary/aromatic N) is 2. The maximum Gasteiger partial charge on any atom is 0.323 e. The lowest BCUT2D eigenvalue weighted by Gasteiger charge is -2.33. The molecule has 0 spiro atoms. The second-order valence-electron chi connectivity index (χ2n) is 4.68. The minimum Gasteiger partial charge on any atom is -0.468 e. The quantitative estimate of drug-likeness (QED) is 0.760. The van der Waals surface area contributed by atoms with Crippen LogP contribution in [0.1, 0.15) is 24.8 Å². The molecule has 0 aliphatic carbocycles. The van der Waals surface area contributed by atoms with E-state index in [0.29, 0.717) is 0 Å². The van der Waals surface area contributed by atoms with Gasteiger partial charge >= 0.3 is 5.97 Å². The van der Waals surface area contributed by atoms with Gasteiger partial charge in [-0.1, -0.05) is 6.42 Å². The fraction of sp³-hybridized carbons (Fsp3) is 0.571. The van der Waals surface area contributed by atoms with Crippen LogP contribution in [0, 0.1) is 0 Å². The second kappa shape index (κ2) is 6.50. The molecule has 1 aromatic rings. The number of esters is 1. The standard InChI is InChI=1S/C14H20N2O2/c1-18-14(17)13-4-2-3-10-16(13)11-7-12-5-8-15-9-6-12/h5-6,8-9,13H,2-4,7,10-11H2,1H3. The smallest absolute Gasteiger partial charge is 0.323 e. The first-order chi connectivity index (χ1) is 8.81. The molecule has 0 amide bonds. The molecule has 1 saturated heterocycles. The van der Waals surface area contributed by atoms with Gasteiger partial charge in [-0.2, -0.15) is 0 Å². The minimum atomic E-state index is -0.0931. The Bertz CT molecular complexity index is 381. The number of piperidine rings is 1. The van der Waals surface area contributed by atoms with E-state index in [9.17, 15) is 4.79 Å². The lowest BCUT2D eigenvalue weighted by atomic mass is 10.0. The van der Waals surface area contributed by atoms with Crippen LogP contribution in [0.25, 0.3) is 0 Å². The van der Waals surface area contributed by atoms with Crippen LogP contribution in [0.5, 0.6) is 0 Å². The number of carbonyl (C=O) groups is 1. The molecule has 98 valence electrons. The molecule has 1 fully saturated rings. The zero-order valence-corrected chi connectivity index (χ0v) is 10.8. The summed E-state index contributed by atoms with van der Waals surface area (Å²) in [7, 11) is 1.47. The molecule has 18 heavy (non-hydrogen) atoms. The van der Waals surface area contributed by atoms with Crippen molar-refractivity contribution in [3.8, 4) is 0 Å². The highest BCUT2D eigenvalue weighted by molar-refractivity contribution is 5.75. The largest absolute Gasteiger partial charge is 0.468 e. The van der Waals surface area contributed by atoms with Crippen LogP contribution in [0.3, 0.4) is 0 Å². The highest BCUT2D eigenvalue weighted by Crippen LogP contribution is 2.18. The Labute approximate surface area is 108 Å². The fourth-order valence-electron chi connectivity index (χ4n) is 2.48. The number of likely N-dealkylation sites (tertiary alicyclic amines) is 1. The minimum absolute atomic E-state index is 0.0504. The van der Waals surface area contributed by atoms with Crippen molar-refractivity contribution in [2.24, 2.45) is 0 Å². The predicted molar refractivity (Wildman–Crippen MR) is 69.2 cm³/mol. The third kappa shape index (κ3) is 3.29. The zero-order valence-electron chi connectivity index (χ0n) is 10.8. The number of pyridine rings is 1. The van der Waals surface area contributed by atoms with Crippen LogP contribution in [0.2, 0.25) is 0 Å². The zero-order chi connectivity index (χ0) is 12.8. The number of hydrogen-bond donors (Lipinski definition) is 0. The molecule has 0 saturated carbocycles. The van der Waals surface area contributed by atoms with E-state index in [2.05, 4.69) is 9.88 Å². The molecular weight excluding hydrogens is 228 g/mol. The SMILES string of the molecule is COC(=O)C1CCCCN1CCc1ccncc1. The number of ether oxygens (including phenoxy) is 1. The van der Waals surface area contributed by atoms with Gasteiger partial charge in [0.15, 0.2) is 0 Å². The molecule has 2 heterocycles. The van der Waals surface area contributed by atoms with Crippen molar-refractivity contribution >= 4 is 5.97 Å². The van der Waals surface area contributed by atoms with Gasteiger partial charge in [-0.15, -0.1) is 0 Å². The van der Waals surface area contributed by atoms with E-state index in [1.54, 1.807) is 0 Å². The summed E-state index contributed by atoms with van der Waals surface area (Å²) in [4.78, 5) is 18.0. The number of hydrogen-bond acceptors (Lipinski definition) is 4. The molecule has 0 N–H and O–H groups in total. The summed E-state index contributed by atoms with van der Waals surface area (Å²) < 4.78 is 4.88. The number of methoxy groups -OCH3 is 1.